The zero-order valence-electron chi connectivity index (χ0n) is 11.4. The van der Waals surface area contributed by atoms with Crippen molar-refractivity contribution < 1.29 is 4.39 Å². The van der Waals surface area contributed by atoms with E-state index in [1.165, 1.54) is 6.07 Å². The van der Waals surface area contributed by atoms with Gasteiger partial charge in [0.2, 0.25) is 0 Å². The molecule has 18 heavy (non-hydrogen) atoms. The van der Waals surface area contributed by atoms with Gasteiger partial charge in [-0.15, -0.1) is 0 Å². The standard InChI is InChI=1S/C13H21BrFN3/c1-9(2)18(10(3)4)6-5-16-13-12(15)7-11(14)8-17-13/h7-10H,5-6H2,1-4H3,(H,16,17). The predicted octanol–water partition coefficient (Wildman–Crippen LogP) is 3.51. The number of anilines is 1. The zero-order valence-corrected chi connectivity index (χ0v) is 13.0. The second-order valence-electron chi connectivity index (χ2n) is 4.84. The van der Waals surface area contributed by atoms with Crippen LogP contribution in [0.25, 0.3) is 0 Å². The summed E-state index contributed by atoms with van der Waals surface area (Å²) in [6.45, 7) is 10.2. The molecule has 0 radical (unpaired) electrons. The third kappa shape index (κ3) is 4.53. The fraction of sp³-hybridized carbons (Fsp3) is 0.615. The van der Waals surface area contributed by atoms with E-state index in [1.807, 2.05) is 0 Å². The van der Waals surface area contributed by atoms with E-state index in [9.17, 15) is 4.39 Å². The van der Waals surface area contributed by atoms with E-state index < -0.39 is 0 Å². The van der Waals surface area contributed by atoms with E-state index in [4.69, 9.17) is 0 Å². The first-order chi connectivity index (χ1) is 8.41. The minimum Gasteiger partial charge on any atom is -0.366 e. The van der Waals surface area contributed by atoms with Crippen molar-refractivity contribution >= 4 is 21.7 Å². The van der Waals surface area contributed by atoms with E-state index in [2.05, 4.69) is 58.8 Å². The van der Waals surface area contributed by atoms with Crippen LogP contribution in [0.4, 0.5) is 10.2 Å². The lowest BCUT2D eigenvalue weighted by molar-refractivity contribution is 0.182. The van der Waals surface area contributed by atoms with Gasteiger partial charge in [0.1, 0.15) is 0 Å². The van der Waals surface area contributed by atoms with Gasteiger partial charge < -0.3 is 5.32 Å². The Morgan fingerprint density at radius 1 is 1.33 bits per heavy atom. The molecule has 0 unspecified atom stereocenters. The van der Waals surface area contributed by atoms with Gasteiger partial charge in [0.05, 0.1) is 0 Å². The largest absolute Gasteiger partial charge is 0.366 e. The van der Waals surface area contributed by atoms with E-state index >= 15 is 0 Å². The molecule has 1 N–H and O–H groups in total. The van der Waals surface area contributed by atoms with Crippen LogP contribution < -0.4 is 5.32 Å². The maximum Gasteiger partial charge on any atom is 0.166 e. The normalized spacial score (nSPS) is 11.6. The van der Waals surface area contributed by atoms with E-state index in [-0.39, 0.29) is 5.82 Å². The number of hydrogen-bond acceptors (Lipinski definition) is 3. The Morgan fingerprint density at radius 2 is 1.94 bits per heavy atom. The van der Waals surface area contributed by atoms with Crippen molar-refractivity contribution in [3.05, 3.63) is 22.6 Å². The van der Waals surface area contributed by atoms with Gasteiger partial charge in [-0.05, 0) is 49.7 Å². The fourth-order valence-corrected chi connectivity index (χ4v) is 2.26. The number of halogens is 2. The minimum atomic E-state index is -0.329. The van der Waals surface area contributed by atoms with Gasteiger partial charge in [-0.25, -0.2) is 9.37 Å². The molecule has 1 rings (SSSR count). The third-order valence-electron chi connectivity index (χ3n) is 2.80. The summed E-state index contributed by atoms with van der Waals surface area (Å²) in [7, 11) is 0. The van der Waals surface area contributed by atoms with Crippen LogP contribution in [-0.4, -0.2) is 35.1 Å². The van der Waals surface area contributed by atoms with Gasteiger partial charge in [-0.2, -0.15) is 0 Å². The molecule has 0 aliphatic carbocycles. The summed E-state index contributed by atoms with van der Waals surface area (Å²) in [5, 5.41) is 3.03. The highest BCUT2D eigenvalue weighted by atomic mass is 79.9. The highest BCUT2D eigenvalue weighted by Gasteiger charge is 2.13. The Kier molecular flexibility index (Phi) is 6.02. The molecule has 0 aromatic carbocycles. The highest BCUT2D eigenvalue weighted by molar-refractivity contribution is 9.10. The minimum absolute atomic E-state index is 0.311. The third-order valence-corrected chi connectivity index (χ3v) is 3.23. The monoisotopic (exact) mass is 317 g/mol. The maximum atomic E-state index is 13.5. The lowest BCUT2D eigenvalue weighted by atomic mass is 10.2. The smallest absolute Gasteiger partial charge is 0.166 e. The van der Waals surface area contributed by atoms with E-state index in [1.54, 1.807) is 6.20 Å². The van der Waals surface area contributed by atoms with Crippen molar-refractivity contribution in [2.75, 3.05) is 18.4 Å². The lowest BCUT2D eigenvalue weighted by Gasteiger charge is -2.30. The van der Waals surface area contributed by atoms with E-state index in [0.717, 1.165) is 6.54 Å². The summed E-state index contributed by atoms with van der Waals surface area (Å²) in [5.41, 5.74) is 0. The molecule has 5 heteroatoms. The Balaban J connectivity index is 2.50. The van der Waals surface area contributed by atoms with Gasteiger partial charge in [0.15, 0.2) is 11.6 Å². The second kappa shape index (κ2) is 7.04. The maximum absolute atomic E-state index is 13.5. The molecule has 1 heterocycles. The van der Waals surface area contributed by atoms with Crippen LogP contribution in [0.3, 0.4) is 0 Å². The van der Waals surface area contributed by atoms with Crippen LogP contribution in [0.1, 0.15) is 27.7 Å². The van der Waals surface area contributed by atoms with Gasteiger partial charge in [-0.3, -0.25) is 4.90 Å². The molecule has 0 bridgehead atoms. The van der Waals surface area contributed by atoms with Crippen LogP contribution in [0.5, 0.6) is 0 Å². The van der Waals surface area contributed by atoms with Crippen molar-refractivity contribution in [1.82, 2.24) is 9.88 Å². The topological polar surface area (TPSA) is 28.2 Å². The molecule has 1 aromatic heterocycles. The molecular weight excluding hydrogens is 297 g/mol. The Hall–Kier alpha value is -0.680. The average Bonchev–Trinajstić information content (AvgIpc) is 2.25. The zero-order chi connectivity index (χ0) is 13.7. The number of nitrogens with zero attached hydrogens (tertiary/aromatic N) is 2. The van der Waals surface area contributed by atoms with Gasteiger partial charge in [0.25, 0.3) is 0 Å². The molecule has 0 fully saturated rings. The molecule has 0 saturated heterocycles. The number of nitrogens with one attached hydrogen (secondary N) is 1. The van der Waals surface area contributed by atoms with Gasteiger partial charge >= 0.3 is 0 Å². The second-order valence-corrected chi connectivity index (χ2v) is 5.75. The fourth-order valence-electron chi connectivity index (χ4n) is 1.96. The quantitative estimate of drug-likeness (QED) is 0.870. The average molecular weight is 318 g/mol. The van der Waals surface area contributed by atoms with Crippen molar-refractivity contribution in [3.8, 4) is 0 Å². The molecule has 0 amide bonds. The van der Waals surface area contributed by atoms with Gasteiger partial charge in [0, 0.05) is 35.8 Å². The summed E-state index contributed by atoms with van der Waals surface area (Å²) in [6, 6.07) is 2.38. The van der Waals surface area contributed by atoms with Crippen LogP contribution in [0, 0.1) is 5.82 Å². The summed E-state index contributed by atoms with van der Waals surface area (Å²) in [4.78, 5) is 6.36. The van der Waals surface area contributed by atoms with Crippen molar-refractivity contribution in [2.24, 2.45) is 0 Å². The first kappa shape index (κ1) is 15.4. The first-order valence-electron chi connectivity index (χ1n) is 6.22. The van der Waals surface area contributed by atoms with Crippen LogP contribution >= 0.6 is 15.9 Å². The summed E-state index contributed by atoms with van der Waals surface area (Å²) >= 11 is 3.19. The molecule has 0 atom stereocenters. The van der Waals surface area contributed by atoms with Crippen LogP contribution in [0.15, 0.2) is 16.7 Å². The molecule has 0 spiro atoms. The van der Waals surface area contributed by atoms with Crippen molar-refractivity contribution in [1.29, 1.82) is 0 Å². The molecule has 102 valence electrons. The van der Waals surface area contributed by atoms with Crippen LogP contribution in [0.2, 0.25) is 0 Å². The number of hydrogen-bond donors (Lipinski definition) is 1. The Labute approximate surface area is 117 Å². The lowest BCUT2D eigenvalue weighted by Crippen LogP contribution is -2.40. The van der Waals surface area contributed by atoms with Crippen molar-refractivity contribution in [3.63, 3.8) is 0 Å². The predicted molar refractivity (Wildman–Crippen MR) is 77.4 cm³/mol. The number of rotatable bonds is 6. The van der Waals surface area contributed by atoms with Crippen molar-refractivity contribution in [2.45, 2.75) is 39.8 Å². The molecule has 3 nitrogen and oxygen atoms in total. The Morgan fingerprint density at radius 3 is 2.44 bits per heavy atom. The van der Waals surface area contributed by atoms with E-state index in [0.29, 0.717) is 28.9 Å². The summed E-state index contributed by atoms with van der Waals surface area (Å²) < 4.78 is 14.2. The molecule has 0 saturated carbocycles. The summed E-state index contributed by atoms with van der Waals surface area (Å²) in [6.07, 6.45) is 1.59. The molecular formula is C13H21BrFN3. The summed E-state index contributed by atoms with van der Waals surface area (Å²) in [5.74, 6) is -0.0179. The SMILES string of the molecule is CC(C)N(CCNc1ncc(Br)cc1F)C(C)C. The Bertz CT molecular complexity index is 374. The molecule has 1 aromatic rings. The van der Waals surface area contributed by atoms with Crippen LogP contribution in [-0.2, 0) is 0 Å². The highest BCUT2D eigenvalue weighted by Crippen LogP contribution is 2.15. The first-order valence-corrected chi connectivity index (χ1v) is 7.01. The number of pyridine rings is 1. The number of aromatic nitrogens is 1. The molecule has 0 aliphatic rings. The van der Waals surface area contributed by atoms with Gasteiger partial charge in [-0.1, -0.05) is 0 Å². The molecule has 0 aliphatic heterocycles.